The van der Waals surface area contributed by atoms with E-state index < -0.39 is 126 Å². The van der Waals surface area contributed by atoms with Gasteiger partial charge in [-0.2, -0.15) is 0 Å². The van der Waals surface area contributed by atoms with Gasteiger partial charge in [-0.05, 0) is 80.2 Å². The van der Waals surface area contributed by atoms with Crippen molar-refractivity contribution in [2.75, 3.05) is 7.05 Å². The van der Waals surface area contributed by atoms with Gasteiger partial charge in [0.05, 0.1) is 24.4 Å². The lowest BCUT2D eigenvalue weighted by Gasteiger charge is -2.43. The van der Waals surface area contributed by atoms with Gasteiger partial charge in [-0.15, -0.1) is 0 Å². The lowest BCUT2D eigenvalue weighted by molar-refractivity contribution is -0.167. The summed E-state index contributed by atoms with van der Waals surface area (Å²) in [7, 11) is 1.43. The van der Waals surface area contributed by atoms with Crippen molar-refractivity contribution in [2.24, 2.45) is 29.6 Å². The number of Topliss-reactive ketones (excluding diaryl/α,β-unsaturated/α-hetero) is 2. The molecule has 10 atom stereocenters. The second-order valence-electron chi connectivity index (χ2n) is 20.1. The Kier molecular flexibility index (Phi) is 19.6. The van der Waals surface area contributed by atoms with Crippen LogP contribution >= 0.6 is 15.9 Å². The maximum atomic E-state index is 15.1. The number of carbonyl (C=O) groups excluding carboxylic acids is 9. The van der Waals surface area contributed by atoms with Crippen LogP contribution in [-0.4, -0.2) is 118 Å². The number of rotatable bonds is 15. The zero-order valence-corrected chi connectivity index (χ0v) is 43.9. The molecular weight excluding hydrogens is 1000 g/mol. The Morgan fingerprint density at radius 2 is 1.38 bits per heavy atom. The highest BCUT2D eigenvalue weighted by Crippen LogP contribution is 2.36. The van der Waals surface area contributed by atoms with Gasteiger partial charge in [0.2, 0.25) is 29.5 Å². The number of carbonyl (C=O) groups is 9. The van der Waals surface area contributed by atoms with Crippen LogP contribution in [-0.2, 0) is 72.1 Å². The molecule has 0 spiro atoms. The van der Waals surface area contributed by atoms with E-state index in [-0.39, 0.29) is 51.0 Å². The predicted molar refractivity (Wildman–Crippen MR) is 271 cm³/mol. The summed E-state index contributed by atoms with van der Waals surface area (Å²) < 4.78 is 12.1. The van der Waals surface area contributed by atoms with Crippen molar-refractivity contribution >= 4 is 69.0 Å². The van der Waals surface area contributed by atoms with Crippen molar-refractivity contribution in [2.45, 2.75) is 142 Å². The Labute approximate surface area is 435 Å². The molecule has 392 valence electrons. The van der Waals surface area contributed by atoms with Crippen molar-refractivity contribution in [3.05, 3.63) is 106 Å². The summed E-state index contributed by atoms with van der Waals surface area (Å²) >= 11 is 3.44. The van der Waals surface area contributed by atoms with Gasteiger partial charge in [0.25, 0.3) is 0 Å². The summed E-state index contributed by atoms with van der Waals surface area (Å²) in [5.74, 6) is -10.2. The fourth-order valence-corrected chi connectivity index (χ4v) is 9.61. The summed E-state index contributed by atoms with van der Waals surface area (Å²) in [6.45, 7) is 7.74. The number of ether oxygens (including phenoxy) is 2. The van der Waals surface area contributed by atoms with Gasteiger partial charge >= 0.3 is 11.9 Å². The van der Waals surface area contributed by atoms with E-state index in [4.69, 9.17) is 9.47 Å². The number of esters is 2. The van der Waals surface area contributed by atoms with Gasteiger partial charge in [0, 0.05) is 49.0 Å². The molecule has 2 saturated heterocycles. The van der Waals surface area contributed by atoms with E-state index in [1.54, 1.807) is 92.7 Å². The molecule has 0 radical (unpaired) electrons. The first-order valence-corrected chi connectivity index (χ1v) is 25.9. The monoisotopic (exact) mass is 1070 g/mol. The summed E-state index contributed by atoms with van der Waals surface area (Å²) in [4.78, 5) is 130. The van der Waals surface area contributed by atoms with Crippen molar-refractivity contribution in [3.8, 4) is 0 Å². The molecule has 0 unspecified atom stereocenters. The molecule has 1 saturated carbocycles. The molecule has 0 aromatic heterocycles. The van der Waals surface area contributed by atoms with E-state index in [9.17, 15) is 43.5 Å². The number of cyclic esters (lactones) is 1. The van der Waals surface area contributed by atoms with Gasteiger partial charge in [0.15, 0.2) is 11.6 Å². The number of halogens is 1. The van der Waals surface area contributed by atoms with Crippen molar-refractivity contribution in [3.63, 3.8) is 0 Å². The Hall–Kier alpha value is -6.27. The van der Waals surface area contributed by atoms with E-state index in [1.165, 1.54) is 32.7 Å². The van der Waals surface area contributed by atoms with Crippen LogP contribution in [0.15, 0.2) is 89.4 Å². The van der Waals surface area contributed by atoms with E-state index in [1.807, 2.05) is 6.07 Å². The summed E-state index contributed by atoms with van der Waals surface area (Å²) in [5.41, 5.74) is 2.11. The number of nitrogens with zero attached hydrogens (tertiary/aromatic N) is 2. The van der Waals surface area contributed by atoms with Crippen LogP contribution in [0, 0.1) is 29.6 Å². The Bertz CT molecular complexity index is 2470. The second-order valence-corrected chi connectivity index (χ2v) is 21.0. The minimum Gasteiger partial charge on any atom is -0.461 e. The zero-order valence-electron chi connectivity index (χ0n) is 42.3. The number of benzene rings is 3. The second kappa shape index (κ2) is 25.6. The van der Waals surface area contributed by atoms with Crippen LogP contribution in [0.25, 0.3) is 0 Å². The zero-order chi connectivity index (χ0) is 53.1. The number of hydrogen-bond acceptors (Lipinski definition) is 12. The molecule has 5 amide bonds. The van der Waals surface area contributed by atoms with E-state index in [0.717, 1.165) is 14.9 Å². The Morgan fingerprint density at radius 1 is 0.781 bits per heavy atom. The molecule has 3 fully saturated rings. The maximum Gasteiger partial charge on any atom is 0.329 e. The van der Waals surface area contributed by atoms with Gasteiger partial charge in [-0.25, -0.2) is 4.79 Å². The SMILES string of the molecule is CC(C)[C@@H]1NC(=O)[C@H](Cc2ccccc2)N(C)C(=O)[C@H](Cc2ccc(Br)cc2)N2C(=O)[C@H](CC[C@H]2O)CC(=O)[C@H](C2CC2)NC(=O)[C@@H](CC(=O)[C@H](C)NC(=O)[C@H](C)CC(=O)OCc2ccccc2)[C@@H](C)OC1=O. The Balaban J connectivity index is 1.31. The van der Waals surface area contributed by atoms with E-state index in [2.05, 4.69) is 31.9 Å². The van der Waals surface area contributed by atoms with Crippen LogP contribution in [0.5, 0.6) is 0 Å². The van der Waals surface area contributed by atoms with Gasteiger partial charge < -0.3 is 40.3 Å². The molecule has 2 bridgehead atoms. The minimum absolute atomic E-state index is 0.0113. The first-order valence-electron chi connectivity index (χ1n) is 25.1. The van der Waals surface area contributed by atoms with Crippen LogP contribution in [0.1, 0.15) is 96.3 Å². The molecule has 18 heteroatoms. The molecule has 2 heterocycles. The van der Waals surface area contributed by atoms with Gasteiger partial charge in [-0.1, -0.05) is 109 Å². The topological polar surface area (TPSA) is 235 Å². The number of aliphatic hydroxyl groups excluding tert-OH is 1. The first kappa shape index (κ1) is 56.0. The fraction of sp³-hybridized carbons (Fsp3) is 0.509. The first-order chi connectivity index (χ1) is 34.7. The van der Waals surface area contributed by atoms with Gasteiger partial charge in [0.1, 0.15) is 37.1 Å². The molecule has 6 rings (SSSR count). The highest BCUT2D eigenvalue weighted by atomic mass is 79.9. The molecule has 2 aliphatic heterocycles. The lowest BCUT2D eigenvalue weighted by atomic mass is 9.86. The molecule has 1 aliphatic carbocycles. The molecule has 3 aliphatic rings. The average Bonchev–Trinajstić information content (AvgIpc) is 4.21. The van der Waals surface area contributed by atoms with Crippen LogP contribution in [0.2, 0.25) is 0 Å². The number of likely N-dealkylation sites (N-methyl/N-ethyl adjacent to an activating group) is 1. The molecular formula is C55H68BrN5O12. The lowest BCUT2D eigenvalue weighted by Crippen LogP contribution is -2.62. The highest BCUT2D eigenvalue weighted by Gasteiger charge is 2.47. The van der Waals surface area contributed by atoms with Crippen LogP contribution in [0.3, 0.4) is 0 Å². The third-order valence-corrected chi connectivity index (χ3v) is 14.6. The fourth-order valence-electron chi connectivity index (χ4n) is 9.35. The molecule has 3 aromatic rings. The third kappa shape index (κ3) is 15.2. The smallest absolute Gasteiger partial charge is 0.329 e. The number of ketones is 2. The van der Waals surface area contributed by atoms with E-state index in [0.29, 0.717) is 24.0 Å². The van der Waals surface area contributed by atoms with Crippen molar-refractivity contribution in [1.29, 1.82) is 0 Å². The molecule has 17 nitrogen and oxygen atoms in total. The summed E-state index contributed by atoms with van der Waals surface area (Å²) in [5, 5.41) is 19.9. The highest BCUT2D eigenvalue weighted by molar-refractivity contribution is 9.10. The third-order valence-electron chi connectivity index (χ3n) is 14.1. The van der Waals surface area contributed by atoms with Crippen LogP contribution in [0.4, 0.5) is 0 Å². The normalized spacial score (nSPS) is 25.5. The van der Waals surface area contributed by atoms with E-state index >= 15 is 4.79 Å². The quantitative estimate of drug-likeness (QED) is 0.151. The van der Waals surface area contributed by atoms with Crippen molar-refractivity contribution in [1.82, 2.24) is 25.8 Å². The number of piperidine rings is 1. The largest absolute Gasteiger partial charge is 0.461 e. The molecule has 73 heavy (non-hydrogen) atoms. The van der Waals surface area contributed by atoms with Gasteiger partial charge in [-0.3, -0.25) is 38.4 Å². The van der Waals surface area contributed by atoms with Crippen molar-refractivity contribution < 1.29 is 57.7 Å². The number of nitrogens with one attached hydrogen (secondary N) is 3. The Morgan fingerprint density at radius 3 is 2.00 bits per heavy atom. The minimum atomic E-state index is -1.41. The molecule has 3 aromatic carbocycles. The average molecular weight is 1070 g/mol. The number of fused-ring (bicyclic) bond motifs is 2. The maximum absolute atomic E-state index is 15.1. The predicted octanol–water partition coefficient (Wildman–Crippen LogP) is 4.78. The number of aliphatic hydroxyl groups is 1. The number of hydrogen-bond donors (Lipinski definition) is 4. The summed E-state index contributed by atoms with van der Waals surface area (Å²) in [6, 6.07) is 18.9. The standard InChI is InChI=1S/C55H68BrN5O12/c1-31(2)48-55(71)73-34(5)41(29-44(62)33(4)57-50(66)32(3)25-47(65)72-30-37-15-11-8-12-16-37)51(67)59-49(38-19-20-38)45(63)28-39-21-24-46(64)61(53(39)69)43(27-36-17-22-40(56)23-18-36)54(70)60(6)42(52(68)58-48)26-35-13-9-7-10-14-35/h7-18,22-23,31-34,38-39,41-43,46,48-49,64H,19-21,24-30H2,1-6H3,(H,57,66)(H,58,68)(H,59,67)/t32-,33+,34-,39-,41+,42+,43+,46-,48+,49+/m1/s1. The number of amides is 5. The molecule has 4 N–H and O–H groups in total. The summed E-state index contributed by atoms with van der Waals surface area (Å²) in [6.07, 6.45) is -2.63. The van der Waals surface area contributed by atoms with Crippen LogP contribution < -0.4 is 16.0 Å².